The maximum Gasteiger partial charge on any atom is 0.122 e. The molecule has 1 saturated heterocycles. The number of nitrogens with one attached hydrogen (secondary N) is 1. The number of para-hydroxylation sites is 1. The van der Waals surface area contributed by atoms with E-state index in [-0.39, 0.29) is 0 Å². The van der Waals surface area contributed by atoms with Crippen molar-refractivity contribution in [1.29, 1.82) is 0 Å². The molecule has 0 bridgehead atoms. The molecular weight excluding hydrogens is 246 g/mol. The highest BCUT2D eigenvalue weighted by Crippen LogP contribution is 2.19. The van der Waals surface area contributed by atoms with Crippen LogP contribution in [0.1, 0.15) is 51.5 Å². The molecule has 112 valence electrons. The van der Waals surface area contributed by atoms with Gasteiger partial charge in [-0.3, -0.25) is 0 Å². The topological polar surface area (TPSA) is 13.7 Å². The van der Waals surface area contributed by atoms with Crippen molar-refractivity contribution in [3.63, 3.8) is 0 Å². The van der Waals surface area contributed by atoms with E-state index in [1.165, 1.54) is 44.3 Å². The zero-order valence-electron chi connectivity index (χ0n) is 13.3. The Morgan fingerprint density at radius 1 is 1.05 bits per heavy atom. The number of aryl methyl sites for hydroxylation is 1. The first kappa shape index (κ1) is 15.4. The Labute approximate surface area is 124 Å². The molecule has 0 amide bonds. The van der Waals surface area contributed by atoms with Crippen LogP contribution in [-0.2, 0) is 0 Å². The first-order valence-corrected chi connectivity index (χ1v) is 8.23. The van der Waals surface area contributed by atoms with E-state index in [0.29, 0.717) is 6.10 Å². The van der Waals surface area contributed by atoms with E-state index in [1.807, 2.05) is 0 Å². The molecule has 2 rings (SSSR count). The molecule has 1 N–H and O–H groups in total. The fourth-order valence-corrected chi connectivity index (χ4v) is 3.15. The SMILES string of the molecule is Cc1ccccc1O[C@@H](C)CC[C@@H](C)[NH+]1CCCCC1. The number of hydrogen-bond donors (Lipinski definition) is 1. The monoisotopic (exact) mass is 276 g/mol. The Morgan fingerprint density at radius 3 is 2.45 bits per heavy atom. The number of likely N-dealkylation sites (tertiary alicyclic amines) is 1. The summed E-state index contributed by atoms with van der Waals surface area (Å²) in [7, 11) is 0. The molecule has 0 radical (unpaired) electrons. The quantitative estimate of drug-likeness (QED) is 0.843. The molecule has 1 aliphatic heterocycles. The van der Waals surface area contributed by atoms with Gasteiger partial charge in [0.15, 0.2) is 0 Å². The molecular formula is C18H30NO+. The normalized spacial score (nSPS) is 19.6. The summed E-state index contributed by atoms with van der Waals surface area (Å²) < 4.78 is 6.07. The van der Waals surface area contributed by atoms with Crippen molar-refractivity contribution in [2.24, 2.45) is 0 Å². The average molecular weight is 276 g/mol. The van der Waals surface area contributed by atoms with Gasteiger partial charge in [0.2, 0.25) is 0 Å². The van der Waals surface area contributed by atoms with Crippen molar-refractivity contribution < 1.29 is 9.64 Å². The fraction of sp³-hybridized carbons (Fsp3) is 0.667. The van der Waals surface area contributed by atoms with Crippen LogP contribution in [0.5, 0.6) is 5.75 Å². The highest BCUT2D eigenvalue weighted by molar-refractivity contribution is 5.31. The molecule has 2 atom stereocenters. The average Bonchev–Trinajstić information content (AvgIpc) is 2.48. The van der Waals surface area contributed by atoms with Gasteiger partial charge in [0, 0.05) is 6.42 Å². The predicted molar refractivity (Wildman–Crippen MR) is 84.5 cm³/mol. The molecule has 0 aliphatic carbocycles. The van der Waals surface area contributed by atoms with Crippen LogP contribution in [-0.4, -0.2) is 25.2 Å². The molecule has 0 unspecified atom stereocenters. The van der Waals surface area contributed by atoms with E-state index in [0.717, 1.165) is 18.2 Å². The molecule has 1 fully saturated rings. The lowest BCUT2D eigenvalue weighted by molar-refractivity contribution is -0.928. The van der Waals surface area contributed by atoms with Crippen molar-refractivity contribution in [3.05, 3.63) is 29.8 Å². The smallest absolute Gasteiger partial charge is 0.122 e. The van der Waals surface area contributed by atoms with Gasteiger partial charge in [-0.1, -0.05) is 18.2 Å². The number of ether oxygens (including phenoxy) is 1. The standard InChI is InChI=1S/C18H29NO/c1-15-9-5-6-10-18(15)20-17(3)12-11-16(2)19-13-7-4-8-14-19/h5-6,9-10,16-17H,4,7-8,11-14H2,1-3H3/p+1/t16-,17+/m1/s1. The van der Waals surface area contributed by atoms with Gasteiger partial charge < -0.3 is 9.64 Å². The molecule has 0 saturated carbocycles. The summed E-state index contributed by atoms with van der Waals surface area (Å²) >= 11 is 0. The van der Waals surface area contributed by atoms with Crippen LogP contribution >= 0.6 is 0 Å². The Balaban J connectivity index is 1.74. The lowest BCUT2D eigenvalue weighted by Crippen LogP contribution is -3.16. The zero-order valence-corrected chi connectivity index (χ0v) is 13.3. The fourth-order valence-electron chi connectivity index (χ4n) is 3.15. The van der Waals surface area contributed by atoms with E-state index < -0.39 is 0 Å². The van der Waals surface area contributed by atoms with Crippen LogP contribution in [0.4, 0.5) is 0 Å². The summed E-state index contributed by atoms with van der Waals surface area (Å²) in [5.41, 5.74) is 1.23. The van der Waals surface area contributed by atoms with Gasteiger partial charge >= 0.3 is 0 Å². The molecule has 2 nitrogen and oxygen atoms in total. The van der Waals surface area contributed by atoms with Crippen LogP contribution in [0.3, 0.4) is 0 Å². The Morgan fingerprint density at radius 2 is 1.75 bits per heavy atom. The Hall–Kier alpha value is -1.02. The second-order valence-corrected chi connectivity index (χ2v) is 6.39. The van der Waals surface area contributed by atoms with Gasteiger partial charge in [-0.15, -0.1) is 0 Å². The van der Waals surface area contributed by atoms with E-state index in [2.05, 4.69) is 45.0 Å². The lowest BCUT2D eigenvalue weighted by Gasteiger charge is -2.30. The van der Waals surface area contributed by atoms with E-state index in [4.69, 9.17) is 4.74 Å². The van der Waals surface area contributed by atoms with Crippen LogP contribution in [0.25, 0.3) is 0 Å². The van der Waals surface area contributed by atoms with Crippen LogP contribution in [0, 0.1) is 6.92 Å². The number of quaternary nitrogens is 1. The predicted octanol–water partition coefficient (Wildman–Crippen LogP) is 3.00. The van der Waals surface area contributed by atoms with E-state index >= 15 is 0 Å². The molecule has 1 aromatic carbocycles. The number of benzene rings is 1. The third-order valence-corrected chi connectivity index (χ3v) is 4.62. The summed E-state index contributed by atoms with van der Waals surface area (Å²) in [5, 5.41) is 0. The third kappa shape index (κ3) is 4.52. The lowest BCUT2D eigenvalue weighted by atomic mass is 10.0. The van der Waals surface area contributed by atoms with Crippen LogP contribution in [0.2, 0.25) is 0 Å². The minimum atomic E-state index is 0.308. The summed E-state index contributed by atoms with van der Waals surface area (Å²) in [5.74, 6) is 1.04. The maximum absolute atomic E-state index is 6.07. The molecule has 2 heteroatoms. The first-order chi connectivity index (χ1) is 9.66. The number of hydrogen-bond acceptors (Lipinski definition) is 1. The van der Waals surface area contributed by atoms with E-state index in [9.17, 15) is 0 Å². The van der Waals surface area contributed by atoms with Crippen molar-refractivity contribution >= 4 is 0 Å². The second kappa shape index (κ2) is 7.68. The molecule has 1 heterocycles. The van der Waals surface area contributed by atoms with Crippen molar-refractivity contribution in [2.75, 3.05) is 13.1 Å². The highest BCUT2D eigenvalue weighted by atomic mass is 16.5. The minimum Gasteiger partial charge on any atom is -0.490 e. The summed E-state index contributed by atoms with van der Waals surface area (Å²) in [6.45, 7) is 9.46. The minimum absolute atomic E-state index is 0.308. The van der Waals surface area contributed by atoms with Gasteiger partial charge in [-0.2, -0.15) is 0 Å². The van der Waals surface area contributed by atoms with Crippen LogP contribution in [0.15, 0.2) is 24.3 Å². The van der Waals surface area contributed by atoms with Gasteiger partial charge in [-0.25, -0.2) is 0 Å². The largest absolute Gasteiger partial charge is 0.490 e. The number of piperidine rings is 1. The molecule has 0 aromatic heterocycles. The first-order valence-electron chi connectivity index (χ1n) is 8.23. The Bertz CT molecular complexity index is 398. The second-order valence-electron chi connectivity index (χ2n) is 6.39. The summed E-state index contributed by atoms with van der Waals surface area (Å²) in [6, 6.07) is 9.08. The zero-order chi connectivity index (χ0) is 14.4. The molecule has 1 aromatic rings. The van der Waals surface area contributed by atoms with Gasteiger partial charge in [-0.05, 0) is 58.1 Å². The third-order valence-electron chi connectivity index (χ3n) is 4.62. The summed E-state index contributed by atoms with van der Waals surface area (Å²) in [6.07, 6.45) is 6.98. The van der Waals surface area contributed by atoms with Gasteiger partial charge in [0.05, 0.1) is 25.2 Å². The number of rotatable bonds is 6. The molecule has 1 aliphatic rings. The van der Waals surface area contributed by atoms with Crippen molar-refractivity contribution in [2.45, 2.75) is 65.0 Å². The maximum atomic E-state index is 6.07. The van der Waals surface area contributed by atoms with E-state index in [1.54, 1.807) is 4.90 Å². The van der Waals surface area contributed by atoms with Gasteiger partial charge in [0.1, 0.15) is 5.75 Å². The highest BCUT2D eigenvalue weighted by Gasteiger charge is 2.20. The van der Waals surface area contributed by atoms with Gasteiger partial charge in [0.25, 0.3) is 0 Å². The van der Waals surface area contributed by atoms with Crippen molar-refractivity contribution in [1.82, 2.24) is 0 Å². The Kier molecular flexibility index (Phi) is 5.90. The van der Waals surface area contributed by atoms with Crippen LogP contribution < -0.4 is 9.64 Å². The molecule has 0 spiro atoms. The molecule has 20 heavy (non-hydrogen) atoms. The van der Waals surface area contributed by atoms with Crippen molar-refractivity contribution in [3.8, 4) is 5.75 Å². The summed E-state index contributed by atoms with van der Waals surface area (Å²) in [4.78, 5) is 1.80.